The van der Waals surface area contributed by atoms with Crippen molar-refractivity contribution in [2.75, 3.05) is 19.7 Å². The molecular weight excluding hydrogens is 445 g/mol. The molecule has 2 aromatic carbocycles. The average Bonchev–Trinajstić information content (AvgIpc) is 3.60. The van der Waals surface area contributed by atoms with Crippen LogP contribution in [0.2, 0.25) is 0 Å². The lowest BCUT2D eigenvalue weighted by atomic mass is 10.1. The van der Waals surface area contributed by atoms with Crippen LogP contribution in [0.5, 0.6) is 11.6 Å². The summed E-state index contributed by atoms with van der Waals surface area (Å²) in [4.78, 5) is 2.29. The first kappa shape index (κ1) is 25.4. The number of nitrogens with zero attached hydrogens (tertiary/aromatic N) is 3. The number of hydrogen-bond donors (Lipinski definition) is 1. The third-order valence-corrected chi connectivity index (χ3v) is 6.07. The molecule has 0 aliphatic heterocycles. The third-order valence-electron chi connectivity index (χ3n) is 6.07. The minimum absolute atomic E-state index is 0.0769. The van der Waals surface area contributed by atoms with Crippen LogP contribution >= 0.6 is 0 Å². The second-order valence-corrected chi connectivity index (χ2v) is 9.56. The largest absolute Gasteiger partial charge is 0.439 e. The number of hydrogen-bond acceptors (Lipinski definition) is 5. The lowest BCUT2D eigenvalue weighted by Crippen LogP contribution is -2.36. The van der Waals surface area contributed by atoms with Crippen molar-refractivity contribution in [3.63, 3.8) is 0 Å². The molecular formula is C28H36FN3O3. The Morgan fingerprint density at radius 2 is 1.83 bits per heavy atom. The summed E-state index contributed by atoms with van der Waals surface area (Å²) in [5.74, 6) is 1.51. The molecule has 0 spiro atoms. The summed E-state index contributed by atoms with van der Waals surface area (Å²) in [5.41, 5.74) is 2.82. The zero-order valence-electron chi connectivity index (χ0n) is 20.9. The highest BCUT2D eigenvalue weighted by atomic mass is 19.1. The van der Waals surface area contributed by atoms with E-state index < -0.39 is 6.10 Å². The number of halogens is 1. The predicted molar refractivity (Wildman–Crippen MR) is 135 cm³/mol. The molecule has 1 atom stereocenters. The molecule has 35 heavy (non-hydrogen) atoms. The normalized spacial score (nSPS) is 14.6. The van der Waals surface area contributed by atoms with Gasteiger partial charge >= 0.3 is 0 Å². The smallest absolute Gasteiger partial charge is 0.227 e. The number of ether oxygens (including phenoxy) is 2. The third kappa shape index (κ3) is 7.13. The second kappa shape index (κ2) is 11.8. The standard InChI is InChI=1S/C28H36FN3O3/c1-4-27-26(18-31(16-21-10-11-21)17-24(33)19-34-20(2)3)28(35-25-14-12-22(29)13-15-25)32(30-27)23-8-6-5-7-9-23/h5-9,12-15,20-21,24,33H,4,10-11,16-19H2,1-3H3/t24-/m0/s1. The number of aliphatic hydroxyl groups excluding tert-OH is 1. The van der Waals surface area contributed by atoms with Crippen molar-refractivity contribution in [2.45, 2.75) is 58.8 Å². The molecule has 7 heteroatoms. The Kier molecular flexibility index (Phi) is 8.55. The van der Waals surface area contributed by atoms with E-state index in [0.717, 1.165) is 29.9 Å². The molecule has 0 unspecified atom stereocenters. The van der Waals surface area contributed by atoms with Crippen LogP contribution in [0.4, 0.5) is 4.39 Å². The summed E-state index contributed by atoms with van der Waals surface area (Å²) in [6, 6.07) is 15.9. The maximum Gasteiger partial charge on any atom is 0.227 e. The second-order valence-electron chi connectivity index (χ2n) is 9.56. The van der Waals surface area contributed by atoms with Gasteiger partial charge in [0.15, 0.2) is 0 Å². The van der Waals surface area contributed by atoms with Crippen molar-refractivity contribution in [1.29, 1.82) is 0 Å². The molecule has 1 aliphatic carbocycles. The summed E-state index contributed by atoms with van der Waals surface area (Å²) in [5, 5.41) is 15.6. The topological polar surface area (TPSA) is 59.8 Å². The SMILES string of the molecule is CCc1nn(-c2ccccc2)c(Oc2ccc(F)cc2)c1CN(CC1CC1)C[C@H](O)COC(C)C. The van der Waals surface area contributed by atoms with Gasteiger partial charge < -0.3 is 14.6 Å². The van der Waals surface area contributed by atoms with Gasteiger partial charge in [-0.3, -0.25) is 4.90 Å². The molecule has 1 aromatic heterocycles. The van der Waals surface area contributed by atoms with Crippen molar-refractivity contribution >= 4 is 0 Å². The maximum absolute atomic E-state index is 13.5. The molecule has 6 nitrogen and oxygen atoms in total. The lowest BCUT2D eigenvalue weighted by Gasteiger charge is -2.26. The van der Waals surface area contributed by atoms with Gasteiger partial charge in [0, 0.05) is 19.6 Å². The molecule has 1 N–H and O–H groups in total. The van der Waals surface area contributed by atoms with Crippen molar-refractivity contribution in [1.82, 2.24) is 14.7 Å². The van der Waals surface area contributed by atoms with Crippen molar-refractivity contribution < 1.29 is 19.0 Å². The van der Waals surface area contributed by atoms with Gasteiger partial charge in [-0.2, -0.15) is 5.10 Å². The van der Waals surface area contributed by atoms with Crippen LogP contribution in [0.25, 0.3) is 5.69 Å². The summed E-state index contributed by atoms with van der Waals surface area (Å²) in [6.45, 7) is 8.36. The number of rotatable bonds is 13. The van der Waals surface area contributed by atoms with Crippen LogP contribution in [0.1, 0.15) is 44.9 Å². The van der Waals surface area contributed by atoms with Crippen LogP contribution in [-0.2, 0) is 17.7 Å². The van der Waals surface area contributed by atoms with E-state index in [9.17, 15) is 9.50 Å². The van der Waals surface area contributed by atoms with Gasteiger partial charge in [-0.05, 0) is 75.4 Å². The van der Waals surface area contributed by atoms with E-state index in [1.807, 2.05) is 48.9 Å². The van der Waals surface area contributed by atoms with Gasteiger partial charge in [0.1, 0.15) is 11.6 Å². The first-order valence-electron chi connectivity index (χ1n) is 12.5. The fraction of sp³-hybridized carbons (Fsp3) is 0.464. The van der Waals surface area contributed by atoms with Gasteiger partial charge in [0.05, 0.1) is 35.8 Å². The Morgan fingerprint density at radius 3 is 2.46 bits per heavy atom. The van der Waals surface area contributed by atoms with Crippen LogP contribution < -0.4 is 4.74 Å². The fourth-order valence-corrected chi connectivity index (χ4v) is 4.13. The average molecular weight is 482 g/mol. The Labute approximate surface area is 207 Å². The van der Waals surface area contributed by atoms with Gasteiger partial charge in [-0.25, -0.2) is 9.07 Å². The highest BCUT2D eigenvalue weighted by Gasteiger charge is 2.28. The van der Waals surface area contributed by atoms with Crippen LogP contribution in [-0.4, -0.2) is 51.7 Å². The number of aromatic nitrogens is 2. The van der Waals surface area contributed by atoms with E-state index in [0.29, 0.717) is 37.2 Å². The Balaban J connectivity index is 1.66. The molecule has 0 radical (unpaired) electrons. The summed E-state index contributed by atoms with van der Waals surface area (Å²) >= 11 is 0. The number of benzene rings is 2. The lowest BCUT2D eigenvalue weighted by molar-refractivity contribution is -0.0101. The zero-order valence-corrected chi connectivity index (χ0v) is 20.9. The molecule has 1 heterocycles. The summed E-state index contributed by atoms with van der Waals surface area (Å²) < 4.78 is 27.4. The first-order valence-corrected chi connectivity index (χ1v) is 12.5. The predicted octanol–water partition coefficient (Wildman–Crippen LogP) is 5.36. The van der Waals surface area contributed by atoms with Crippen molar-refractivity contribution in [3.05, 3.63) is 71.7 Å². The maximum atomic E-state index is 13.5. The molecule has 1 aliphatic rings. The molecule has 1 saturated carbocycles. The van der Waals surface area contributed by atoms with E-state index in [1.54, 1.807) is 12.1 Å². The fourth-order valence-electron chi connectivity index (χ4n) is 4.13. The Hall–Kier alpha value is -2.74. The van der Waals surface area contributed by atoms with E-state index in [1.165, 1.54) is 25.0 Å². The number of aliphatic hydroxyl groups is 1. The number of para-hydroxylation sites is 1. The highest BCUT2D eigenvalue weighted by molar-refractivity contribution is 5.43. The Bertz CT molecular complexity index is 1070. The molecule has 4 rings (SSSR count). The van der Waals surface area contributed by atoms with Crippen molar-refractivity contribution in [2.24, 2.45) is 5.92 Å². The zero-order chi connectivity index (χ0) is 24.8. The van der Waals surface area contributed by atoms with Crippen LogP contribution in [0.3, 0.4) is 0 Å². The van der Waals surface area contributed by atoms with Crippen molar-refractivity contribution in [3.8, 4) is 17.3 Å². The minimum Gasteiger partial charge on any atom is -0.439 e. The molecule has 1 fully saturated rings. The van der Waals surface area contributed by atoms with E-state index in [4.69, 9.17) is 14.6 Å². The molecule has 0 saturated heterocycles. The molecule has 0 bridgehead atoms. The molecule has 3 aromatic rings. The molecule has 0 amide bonds. The van der Waals surface area contributed by atoms with E-state index in [-0.39, 0.29) is 11.9 Å². The first-order chi connectivity index (χ1) is 16.9. The monoisotopic (exact) mass is 481 g/mol. The van der Waals surface area contributed by atoms with E-state index >= 15 is 0 Å². The summed E-state index contributed by atoms with van der Waals surface area (Å²) in [6.07, 6.45) is 2.68. The Morgan fingerprint density at radius 1 is 1.11 bits per heavy atom. The van der Waals surface area contributed by atoms with Gasteiger partial charge in [0.2, 0.25) is 5.88 Å². The minimum atomic E-state index is -0.577. The van der Waals surface area contributed by atoms with E-state index in [2.05, 4.69) is 11.8 Å². The number of aryl methyl sites for hydroxylation is 1. The van der Waals surface area contributed by atoms with Crippen LogP contribution in [0.15, 0.2) is 54.6 Å². The molecule has 188 valence electrons. The summed E-state index contributed by atoms with van der Waals surface area (Å²) in [7, 11) is 0. The van der Waals surface area contributed by atoms with Gasteiger partial charge in [-0.15, -0.1) is 0 Å². The van der Waals surface area contributed by atoms with Gasteiger partial charge in [0.25, 0.3) is 0 Å². The quantitative estimate of drug-likeness (QED) is 0.356. The highest BCUT2D eigenvalue weighted by Crippen LogP contribution is 2.34. The van der Waals surface area contributed by atoms with Crippen LogP contribution in [0, 0.1) is 11.7 Å². The van der Waals surface area contributed by atoms with Gasteiger partial charge in [-0.1, -0.05) is 25.1 Å².